The summed E-state index contributed by atoms with van der Waals surface area (Å²) < 4.78 is 29.0. The van der Waals surface area contributed by atoms with Gasteiger partial charge in [-0.3, -0.25) is 0 Å². The molecule has 2 rings (SSSR count). The monoisotopic (exact) mass is 306 g/mol. The van der Waals surface area contributed by atoms with Crippen molar-refractivity contribution in [3.63, 3.8) is 0 Å². The van der Waals surface area contributed by atoms with Crippen molar-refractivity contribution in [3.8, 4) is 17.2 Å². The summed E-state index contributed by atoms with van der Waals surface area (Å²) in [6, 6.07) is 11.5. The van der Waals surface area contributed by atoms with Crippen molar-refractivity contribution in [2.45, 2.75) is 24.7 Å². The molecular formula is C16H18O4S. The fourth-order valence-corrected chi connectivity index (χ4v) is 2.68. The summed E-state index contributed by atoms with van der Waals surface area (Å²) >= 11 is 0. The molecule has 112 valence electrons. The molecule has 0 bridgehead atoms. The number of aromatic hydroxyl groups is 1. The molecule has 0 amide bonds. The van der Waals surface area contributed by atoms with E-state index in [4.69, 9.17) is 4.74 Å². The molecule has 0 fully saturated rings. The zero-order valence-corrected chi connectivity index (χ0v) is 12.9. The third-order valence-electron chi connectivity index (χ3n) is 3.06. The van der Waals surface area contributed by atoms with Crippen LogP contribution in [0.4, 0.5) is 0 Å². The molecule has 4 nitrogen and oxygen atoms in total. The van der Waals surface area contributed by atoms with Gasteiger partial charge in [-0.25, -0.2) is 8.42 Å². The third kappa shape index (κ3) is 3.76. The fourth-order valence-electron chi connectivity index (χ4n) is 2.01. The number of sulfone groups is 1. The first-order valence-corrected chi connectivity index (χ1v) is 8.60. The number of para-hydroxylation sites is 2. The lowest BCUT2D eigenvalue weighted by Gasteiger charge is -2.13. The highest BCUT2D eigenvalue weighted by Crippen LogP contribution is 2.33. The largest absolute Gasteiger partial charge is 0.504 e. The Hall–Kier alpha value is -2.01. The molecule has 0 heterocycles. The van der Waals surface area contributed by atoms with Gasteiger partial charge in [0.2, 0.25) is 0 Å². The van der Waals surface area contributed by atoms with Gasteiger partial charge in [0, 0.05) is 6.26 Å². The van der Waals surface area contributed by atoms with Crippen LogP contribution in [-0.2, 0) is 16.3 Å². The third-order valence-corrected chi connectivity index (χ3v) is 4.17. The Labute approximate surface area is 124 Å². The first kappa shape index (κ1) is 15.4. The van der Waals surface area contributed by atoms with Gasteiger partial charge in [-0.15, -0.1) is 0 Å². The Morgan fingerprint density at radius 3 is 2.43 bits per heavy atom. The number of phenolic OH excluding ortho intramolecular Hbond substituents is 1. The number of phenols is 1. The first-order valence-electron chi connectivity index (χ1n) is 6.70. The van der Waals surface area contributed by atoms with Gasteiger partial charge in [-0.2, -0.15) is 0 Å². The van der Waals surface area contributed by atoms with Crippen LogP contribution in [0.15, 0.2) is 47.4 Å². The van der Waals surface area contributed by atoms with Gasteiger partial charge in [0.15, 0.2) is 21.3 Å². The zero-order chi connectivity index (χ0) is 15.5. The van der Waals surface area contributed by atoms with Crippen LogP contribution in [0.5, 0.6) is 17.2 Å². The van der Waals surface area contributed by atoms with E-state index in [0.29, 0.717) is 17.9 Å². The van der Waals surface area contributed by atoms with Gasteiger partial charge in [0.25, 0.3) is 0 Å². The Kier molecular flexibility index (Phi) is 4.53. The van der Waals surface area contributed by atoms with Crippen LogP contribution in [0.1, 0.15) is 18.9 Å². The summed E-state index contributed by atoms with van der Waals surface area (Å²) in [5.74, 6) is 0.958. The highest BCUT2D eigenvalue weighted by atomic mass is 32.2. The van der Waals surface area contributed by atoms with Gasteiger partial charge in [-0.1, -0.05) is 25.5 Å². The molecule has 1 N–H and O–H groups in total. The molecule has 21 heavy (non-hydrogen) atoms. The van der Waals surface area contributed by atoms with E-state index in [1.165, 1.54) is 12.3 Å². The molecule has 0 radical (unpaired) electrons. The summed E-state index contributed by atoms with van der Waals surface area (Å²) in [7, 11) is -3.25. The normalized spacial score (nSPS) is 11.3. The molecule has 0 aliphatic carbocycles. The minimum absolute atomic E-state index is 0.0483. The topological polar surface area (TPSA) is 63.6 Å². The van der Waals surface area contributed by atoms with E-state index in [-0.39, 0.29) is 10.6 Å². The predicted molar refractivity (Wildman–Crippen MR) is 81.7 cm³/mol. The molecule has 0 aliphatic heterocycles. The molecule has 2 aromatic carbocycles. The lowest BCUT2D eigenvalue weighted by molar-refractivity contribution is 0.408. The lowest BCUT2D eigenvalue weighted by atomic mass is 10.1. The standard InChI is InChI=1S/C16H18O4S/c1-3-6-12-11-13(21(2,18)19)9-10-15(12)20-16-8-5-4-7-14(16)17/h4-5,7-11,17H,3,6H2,1-2H3. The van der Waals surface area contributed by atoms with Crippen LogP contribution < -0.4 is 4.74 Å². The van der Waals surface area contributed by atoms with E-state index < -0.39 is 9.84 Å². The predicted octanol–water partition coefficient (Wildman–Crippen LogP) is 3.54. The summed E-state index contributed by atoms with van der Waals surface area (Å²) in [5.41, 5.74) is 0.809. The molecule has 0 spiro atoms. The average Bonchev–Trinajstić information content (AvgIpc) is 2.42. The van der Waals surface area contributed by atoms with Gasteiger partial charge >= 0.3 is 0 Å². The van der Waals surface area contributed by atoms with Crippen LogP contribution >= 0.6 is 0 Å². The second-order valence-electron chi connectivity index (χ2n) is 4.86. The first-order chi connectivity index (χ1) is 9.91. The lowest BCUT2D eigenvalue weighted by Crippen LogP contribution is -2.00. The molecule has 0 aromatic heterocycles. The summed E-state index contributed by atoms with van der Waals surface area (Å²) in [4.78, 5) is 0.274. The Morgan fingerprint density at radius 1 is 1.10 bits per heavy atom. The number of hydrogen-bond donors (Lipinski definition) is 1. The van der Waals surface area contributed by atoms with E-state index in [1.807, 2.05) is 6.92 Å². The molecule has 0 aliphatic rings. The van der Waals surface area contributed by atoms with Crippen molar-refractivity contribution in [1.29, 1.82) is 0 Å². The van der Waals surface area contributed by atoms with Crippen molar-refractivity contribution >= 4 is 9.84 Å². The molecule has 0 unspecified atom stereocenters. The number of benzene rings is 2. The summed E-state index contributed by atoms with van der Waals surface area (Å²) in [5, 5.41) is 9.76. The maximum absolute atomic E-state index is 11.6. The highest BCUT2D eigenvalue weighted by Gasteiger charge is 2.13. The van der Waals surface area contributed by atoms with E-state index in [2.05, 4.69) is 0 Å². The summed E-state index contributed by atoms with van der Waals surface area (Å²) in [6.45, 7) is 2.01. The zero-order valence-electron chi connectivity index (χ0n) is 12.0. The Morgan fingerprint density at radius 2 is 1.81 bits per heavy atom. The smallest absolute Gasteiger partial charge is 0.175 e. The molecular weight excluding hydrogens is 288 g/mol. The van der Waals surface area contributed by atoms with Crippen molar-refractivity contribution < 1.29 is 18.3 Å². The fraction of sp³-hybridized carbons (Fsp3) is 0.250. The SMILES string of the molecule is CCCc1cc(S(C)(=O)=O)ccc1Oc1ccccc1O. The van der Waals surface area contributed by atoms with Crippen LogP contribution in [0.2, 0.25) is 0 Å². The van der Waals surface area contributed by atoms with Crippen LogP contribution in [0.25, 0.3) is 0 Å². The van der Waals surface area contributed by atoms with Gasteiger partial charge in [0.05, 0.1) is 4.90 Å². The van der Waals surface area contributed by atoms with Crippen LogP contribution in [0.3, 0.4) is 0 Å². The average molecular weight is 306 g/mol. The molecule has 0 saturated carbocycles. The van der Waals surface area contributed by atoms with E-state index in [0.717, 1.165) is 12.0 Å². The molecule has 0 atom stereocenters. The Balaban J connectivity index is 2.42. The quantitative estimate of drug-likeness (QED) is 0.917. The van der Waals surface area contributed by atoms with Crippen molar-refractivity contribution in [2.75, 3.05) is 6.26 Å². The van der Waals surface area contributed by atoms with Gasteiger partial charge in [-0.05, 0) is 42.3 Å². The highest BCUT2D eigenvalue weighted by molar-refractivity contribution is 7.90. The number of hydrogen-bond acceptors (Lipinski definition) is 4. The Bertz CT molecular complexity index is 736. The summed E-state index contributed by atoms with van der Waals surface area (Å²) in [6.07, 6.45) is 2.75. The number of rotatable bonds is 5. The molecule has 5 heteroatoms. The maximum Gasteiger partial charge on any atom is 0.175 e. The van der Waals surface area contributed by atoms with E-state index in [9.17, 15) is 13.5 Å². The van der Waals surface area contributed by atoms with Crippen molar-refractivity contribution in [2.24, 2.45) is 0 Å². The number of aryl methyl sites for hydroxylation is 1. The minimum atomic E-state index is -3.25. The maximum atomic E-state index is 11.6. The number of ether oxygens (including phenoxy) is 1. The van der Waals surface area contributed by atoms with Gasteiger partial charge < -0.3 is 9.84 Å². The van der Waals surface area contributed by atoms with E-state index in [1.54, 1.807) is 36.4 Å². The van der Waals surface area contributed by atoms with Crippen molar-refractivity contribution in [1.82, 2.24) is 0 Å². The van der Waals surface area contributed by atoms with Crippen LogP contribution in [-0.4, -0.2) is 19.8 Å². The van der Waals surface area contributed by atoms with Crippen molar-refractivity contribution in [3.05, 3.63) is 48.0 Å². The second kappa shape index (κ2) is 6.18. The van der Waals surface area contributed by atoms with Crippen LogP contribution in [0, 0.1) is 0 Å². The second-order valence-corrected chi connectivity index (χ2v) is 6.88. The van der Waals surface area contributed by atoms with E-state index >= 15 is 0 Å². The molecule has 2 aromatic rings. The molecule has 0 saturated heterocycles. The minimum Gasteiger partial charge on any atom is -0.504 e. The van der Waals surface area contributed by atoms with Gasteiger partial charge in [0.1, 0.15) is 5.75 Å².